The fourth-order valence-corrected chi connectivity index (χ4v) is 4.93. The molecular weight excluding hydrogens is 350 g/mol. The fourth-order valence-electron chi connectivity index (χ4n) is 3.77. The smallest absolute Gasteiger partial charge is 0.407 e. The lowest BCUT2D eigenvalue weighted by Crippen LogP contribution is -2.38. The van der Waals surface area contributed by atoms with Crippen LogP contribution in [0.4, 0.5) is 4.79 Å². The molecule has 1 amide bonds. The van der Waals surface area contributed by atoms with Gasteiger partial charge < -0.3 is 19.8 Å². The van der Waals surface area contributed by atoms with E-state index >= 15 is 0 Å². The molecule has 2 unspecified atom stereocenters. The number of carbonyl (C=O) groups is 1. The second-order valence-electron chi connectivity index (χ2n) is 7.12. The third kappa shape index (κ3) is 4.37. The Balaban J connectivity index is 1.53. The quantitative estimate of drug-likeness (QED) is 0.545. The van der Waals surface area contributed by atoms with Crippen LogP contribution in [0.25, 0.3) is 10.1 Å². The summed E-state index contributed by atoms with van der Waals surface area (Å²) in [4.78, 5) is 13.5. The minimum absolute atomic E-state index is 0.430. The number of thiophene rings is 1. The normalized spacial score (nSPS) is 20.2. The third-order valence-corrected chi connectivity index (χ3v) is 6.56. The zero-order valence-electron chi connectivity index (χ0n) is 15.2. The van der Waals surface area contributed by atoms with E-state index in [1.807, 2.05) is 24.3 Å². The molecule has 2 atom stereocenters. The molecule has 142 valence electrons. The summed E-state index contributed by atoms with van der Waals surface area (Å²) in [7, 11) is 1.55. The van der Waals surface area contributed by atoms with Gasteiger partial charge in [0.2, 0.25) is 5.79 Å². The number of likely N-dealkylation sites (tertiary alicyclic amines) is 1. The monoisotopic (exact) mass is 377 g/mol. The Morgan fingerprint density at radius 1 is 1.38 bits per heavy atom. The van der Waals surface area contributed by atoms with Gasteiger partial charge in [-0.25, -0.2) is 4.79 Å². The summed E-state index contributed by atoms with van der Waals surface area (Å²) in [5, 5.41) is 21.2. The van der Waals surface area contributed by atoms with Crippen molar-refractivity contribution in [3.63, 3.8) is 0 Å². The predicted molar refractivity (Wildman–Crippen MR) is 104 cm³/mol. The van der Waals surface area contributed by atoms with Crippen molar-refractivity contribution < 1.29 is 19.7 Å². The maximum absolute atomic E-state index is 11.1. The standard InChI is InChI=1S/C20H27NO4S/c1-25-20(24,18-13-16-9-2-3-10-17(16)26-18)11-5-4-7-15-8-6-12-21(14-15)19(22)23/h2-3,9-10,13,15,24H,4-8,11-12,14H2,1H3,(H,22,23). The molecule has 1 aromatic heterocycles. The molecule has 1 aromatic carbocycles. The van der Waals surface area contributed by atoms with Crippen LogP contribution in [0.15, 0.2) is 30.3 Å². The molecule has 0 spiro atoms. The van der Waals surface area contributed by atoms with E-state index in [2.05, 4.69) is 6.07 Å². The summed E-state index contributed by atoms with van der Waals surface area (Å²) < 4.78 is 6.62. The van der Waals surface area contributed by atoms with Gasteiger partial charge in [-0.05, 0) is 49.1 Å². The lowest BCUT2D eigenvalue weighted by molar-refractivity contribution is -0.197. The van der Waals surface area contributed by atoms with Crippen molar-refractivity contribution in [2.45, 2.75) is 44.3 Å². The molecule has 1 saturated heterocycles. The molecule has 0 bridgehead atoms. The Bertz CT molecular complexity index is 713. The maximum Gasteiger partial charge on any atom is 0.407 e. The Labute approximate surface area is 158 Å². The highest BCUT2D eigenvalue weighted by molar-refractivity contribution is 7.19. The number of piperidine rings is 1. The topological polar surface area (TPSA) is 70.0 Å². The van der Waals surface area contributed by atoms with Crippen molar-refractivity contribution in [3.05, 3.63) is 35.2 Å². The summed E-state index contributed by atoms with van der Waals surface area (Å²) in [6.45, 7) is 1.29. The van der Waals surface area contributed by atoms with Crippen LogP contribution in [0.5, 0.6) is 0 Å². The maximum atomic E-state index is 11.1. The zero-order chi connectivity index (χ0) is 18.6. The van der Waals surface area contributed by atoms with Crippen molar-refractivity contribution in [2.75, 3.05) is 20.2 Å². The average molecular weight is 378 g/mol. The van der Waals surface area contributed by atoms with Crippen LogP contribution in [-0.2, 0) is 10.5 Å². The summed E-state index contributed by atoms with van der Waals surface area (Å²) in [6.07, 6.45) is 4.58. The van der Waals surface area contributed by atoms with Crippen LogP contribution in [0.1, 0.15) is 43.4 Å². The highest BCUT2D eigenvalue weighted by Gasteiger charge is 2.31. The Kier molecular flexibility index (Phi) is 6.16. The van der Waals surface area contributed by atoms with Gasteiger partial charge in [-0.1, -0.05) is 24.6 Å². The summed E-state index contributed by atoms with van der Waals surface area (Å²) in [6, 6.07) is 10.1. The van der Waals surface area contributed by atoms with Gasteiger partial charge in [0.05, 0.1) is 4.88 Å². The van der Waals surface area contributed by atoms with Crippen LogP contribution < -0.4 is 0 Å². The Morgan fingerprint density at radius 3 is 2.92 bits per heavy atom. The largest absolute Gasteiger partial charge is 0.465 e. The molecule has 0 saturated carbocycles. The molecule has 5 nitrogen and oxygen atoms in total. The molecule has 1 aliphatic rings. The molecule has 2 N–H and O–H groups in total. The van der Waals surface area contributed by atoms with E-state index in [1.54, 1.807) is 18.4 Å². The van der Waals surface area contributed by atoms with Gasteiger partial charge in [0.1, 0.15) is 0 Å². The molecule has 6 heteroatoms. The first-order valence-corrected chi connectivity index (χ1v) is 10.1. The van der Waals surface area contributed by atoms with E-state index in [1.165, 1.54) is 4.90 Å². The second kappa shape index (κ2) is 8.37. The number of fused-ring (bicyclic) bond motifs is 1. The zero-order valence-corrected chi connectivity index (χ0v) is 16.0. The fraction of sp³-hybridized carbons (Fsp3) is 0.550. The minimum Gasteiger partial charge on any atom is -0.465 e. The predicted octanol–water partition coefficient (Wildman–Crippen LogP) is 4.64. The first kappa shape index (κ1) is 19.1. The highest BCUT2D eigenvalue weighted by Crippen LogP contribution is 2.37. The van der Waals surface area contributed by atoms with Gasteiger partial charge in [-0.3, -0.25) is 0 Å². The van der Waals surface area contributed by atoms with Crippen LogP contribution in [-0.4, -0.2) is 41.4 Å². The number of aliphatic hydroxyl groups is 1. The lowest BCUT2D eigenvalue weighted by Gasteiger charge is -2.31. The van der Waals surface area contributed by atoms with Gasteiger partial charge >= 0.3 is 6.09 Å². The number of rotatable bonds is 7. The average Bonchev–Trinajstić information content (AvgIpc) is 3.10. The van der Waals surface area contributed by atoms with Crippen LogP contribution in [0.2, 0.25) is 0 Å². The lowest BCUT2D eigenvalue weighted by atomic mass is 9.92. The molecule has 0 radical (unpaired) electrons. The summed E-state index contributed by atoms with van der Waals surface area (Å²) in [5.41, 5.74) is 0. The van der Waals surface area contributed by atoms with Crippen molar-refractivity contribution in [2.24, 2.45) is 5.92 Å². The number of carboxylic acid groups (broad SMARTS) is 1. The number of ether oxygens (including phenoxy) is 1. The number of hydrogen-bond acceptors (Lipinski definition) is 4. The molecule has 1 aliphatic heterocycles. The molecule has 3 rings (SSSR count). The second-order valence-corrected chi connectivity index (χ2v) is 8.20. The van der Waals surface area contributed by atoms with Crippen LogP contribution in [0.3, 0.4) is 0 Å². The molecule has 26 heavy (non-hydrogen) atoms. The van der Waals surface area contributed by atoms with Crippen LogP contribution >= 0.6 is 11.3 Å². The number of nitrogens with zero attached hydrogens (tertiary/aromatic N) is 1. The number of benzene rings is 1. The van der Waals surface area contributed by atoms with E-state index in [-0.39, 0.29) is 0 Å². The molecule has 2 aromatic rings. The van der Waals surface area contributed by atoms with Gasteiger partial charge in [0.15, 0.2) is 0 Å². The van der Waals surface area contributed by atoms with E-state index in [4.69, 9.17) is 9.84 Å². The van der Waals surface area contributed by atoms with E-state index < -0.39 is 11.9 Å². The Hall–Kier alpha value is -1.63. The molecule has 2 heterocycles. The molecule has 1 fully saturated rings. The number of hydrogen-bond donors (Lipinski definition) is 2. The first-order chi connectivity index (χ1) is 12.5. The van der Waals surface area contributed by atoms with E-state index in [9.17, 15) is 9.90 Å². The third-order valence-electron chi connectivity index (χ3n) is 5.32. The van der Waals surface area contributed by atoms with Gasteiger partial charge in [-0.15, -0.1) is 11.3 Å². The van der Waals surface area contributed by atoms with Crippen molar-refractivity contribution in [1.29, 1.82) is 0 Å². The number of unbranched alkanes of at least 4 members (excludes halogenated alkanes) is 1. The SMILES string of the molecule is COC(O)(CCCCC1CCCN(C(=O)O)C1)c1cc2ccccc2s1. The number of methoxy groups -OCH3 is 1. The highest BCUT2D eigenvalue weighted by atomic mass is 32.1. The molecule has 0 aliphatic carbocycles. The van der Waals surface area contributed by atoms with Crippen molar-refractivity contribution in [1.82, 2.24) is 4.90 Å². The number of amides is 1. The van der Waals surface area contributed by atoms with Crippen molar-refractivity contribution >= 4 is 27.5 Å². The summed E-state index contributed by atoms with van der Waals surface area (Å²) in [5.74, 6) is -0.816. The van der Waals surface area contributed by atoms with Gasteiger partial charge in [-0.2, -0.15) is 0 Å². The minimum atomic E-state index is -1.25. The molecular formula is C20H27NO4S. The van der Waals surface area contributed by atoms with Crippen molar-refractivity contribution in [3.8, 4) is 0 Å². The van der Waals surface area contributed by atoms with E-state index in [0.717, 1.165) is 47.1 Å². The summed E-state index contributed by atoms with van der Waals surface area (Å²) >= 11 is 1.57. The van der Waals surface area contributed by atoms with Gasteiger partial charge in [0.25, 0.3) is 0 Å². The van der Waals surface area contributed by atoms with Gasteiger partial charge in [0, 0.05) is 31.3 Å². The van der Waals surface area contributed by atoms with Crippen LogP contribution in [0, 0.1) is 5.92 Å². The Morgan fingerprint density at radius 2 is 2.19 bits per heavy atom. The first-order valence-electron chi connectivity index (χ1n) is 9.26. The van der Waals surface area contributed by atoms with E-state index in [0.29, 0.717) is 25.4 Å².